The molecule has 0 aliphatic heterocycles. The molecule has 0 fully saturated rings. The molecule has 0 atom stereocenters. The van der Waals surface area contributed by atoms with E-state index in [-0.39, 0.29) is 36.1 Å². The van der Waals surface area contributed by atoms with Crippen LogP contribution in [0, 0.1) is 0 Å². The van der Waals surface area contributed by atoms with E-state index < -0.39 is 5.97 Å². The average molecular weight is 282 g/mol. The third-order valence-corrected chi connectivity index (χ3v) is 3.01. The Kier molecular flexibility index (Phi) is 6.98. The Labute approximate surface area is 119 Å². The Bertz CT molecular complexity index is 408. The van der Waals surface area contributed by atoms with Crippen LogP contribution in [0.25, 0.3) is 0 Å². The predicted molar refractivity (Wildman–Crippen MR) is 72.5 cm³/mol. The molecule has 0 saturated heterocycles. The van der Waals surface area contributed by atoms with Crippen LogP contribution in [0.15, 0.2) is 11.5 Å². The summed E-state index contributed by atoms with van der Waals surface area (Å²) >= 11 is 0. The van der Waals surface area contributed by atoms with Gasteiger partial charge in [-0.05, 0) is 12.8 Å². The molecule has 0 bridgehead atoms. The SMILES string of the molecule is CCCCC(=O)OC1=C(OC(=O)CCCC)C(=O)CC1. The molecule has 0 spiro atoms. The van der Waals surface area contributed by atoms with Gasteiger partial charge in [-0.15, -0.1) is 0 Å². The van der Waals surface area contributed by atoms with Gasteiger partial charge in [-0.2, -0.15) is 0 Å². The van der Waals surface area contributed by atoms with Crippen molar-refractivity contribution in [1.29, 1.82) is 0 Å². The first-order valence-corrected chi connectivity index (χ1v) is 7.26. The largest absolute Gasteiger partial charge is 0.427 e. The third kappa shape index (κ3) is 5.15. The highest BCUT2D eigenvalue weighted by Crippen LogP contribution is 2.26. The average Bonchev–Trinajstić information content (AvgIpc) is 2.75. The zero-order valence-corrected chi connectivity index (χ0v) is 12.2. The van der Waals surface area contributed by atoms with E-state index in [1.165, 1.54) is 0 Å². The van der Waals surface area contributed by atoms with Gasteiger partial charge >= 0.3 is 11.9 Å². The molecule has 0 aromatic rings. The first-order valence-electron chi connectivity index (χ1n) is 7.26. The van der Waals surface area contributed by atoms with Crippen LogP contribution in [-0.2, 0) is 23.9 Å². The number of carbonyl (C=O) groups is 3. The number of unbranched alkanes of at least 4 members (excludes halogenated alkanes) is 2. The topological polar surface area (TPSA) is 69.7 Å². The van der Waals surface area contributed by atoms with Crippen molar-refractivity contribution in [3.63, 3.8) is 0 Å². The number of ether oxygens (including phenoxy) is 2. The lowest BCUT2D eigenvalue weighted by Gasteiger charge is -2.08. The van der Waals surface area contributed by atoms with Crippen LogP contribution in [0.4, 0.5) is 0 Å². The lowest BCUT2D eigenvalue weighted by molar-refractivity contribution is -0.145. The maximum absolute atomic E-state index is 11.7. The first-order chi connectivity index (χ1) is 9.58. The van der Waals surface area contributed by atoms with Crippen LogP contribution in [0.2, 0.25) is 0 Å². The van der Waals surface area contributed by atoms with Crippen LogP contribution in [0.3, 0.4) is 0 Å². The van der Waals surface area contributed by atoms with Gasteiger partial charge in [-0.3, -0.25) is 14.4 Å². The molecule has 0 amide bonds. The molecule has 0 radical (unpaired) electrons. The van der Waals surface area contributed by atoms with Gasteiger partial charge in [0.1, 0.15) is 0 Å². The number of rotatable bonds is 8. The molecular weight excluding hydrogens is 260 g/mol. The smallest absolute Gasteiger partial charge is 0.311 e. The van der Waals surface area contributed by atoms with Crippen LogP contribution >= 0.6 is 0 Å². The van der Waals surface area contributed by atoms with Crippen molar-refractivity contribution in [2.75, 3.05) is 0 Å². The molecular formula is C15H22O5. The maximum Gasteiger partial charge on any atom is 0.311 e. The highest BCUT2D eigenvalue weighted by atomic mass is 16.6. The molecule has 5 nitrogen and oxygen atoms in total. The highest BCUT2D eigenvalue weighted by Gasteiger charge is 2.29. The molecule has 1 rings (SSSR count). The minimum atomic E-state index is -0.445. The Balaban J connectivity index is 2.61. The Morgan fingerprint density at radius 3 is 2.05 bits per heavy atom. The summed E-state index contributed by atoms with van der Waals surface area (Å²) in [5.41, 5.74) is 0. The Hall–Kier alpha value is -1.65. The normalized spacial score (nSPS) is 14.6. The first kappa shape index (κ1) is 16.4. The summed E-state index contributed by atoms with van der Waals surface area (Å²) in [5, 5.41) is 0. The zero-order valence-electron chi connectivity index (χ0n) is 12.2. The highest BCUT2D eigenvalue weighted by molar-refractivity contribution is 5.98. The zero-order chi connectivity index (χ0) is 15.0. The van der Waals surface area contributed by atoms with E-state index in [0.29, 0.717) is 19.3 Å². The van der Waals surface area contributed by atoms with Crippen molar-refractivity contribution in [1.82, 2.24) is 0 Å². The number of allylic oxidation sites excluding steroid dienone is 2. The van der Waals surface area contributed by atoms with Gasteiger partial charge in [0, 0.05) is 25.7 Å². The van der Waals surface area contributed by atoms with Gasteiger partial charge in [0.25, 0.3) is 0 Å². The molecule has 1 aliphatic carbocycles. The second kappa shape index (κ2) is 8.51. The fourth-order valence-electron chi connectivity index (χ4n) is 1.82. The van der Waals surface area contributed by atoms with Crippen molar-refractivity contribution in [3.05, 3.63) is 11.5 Å². The minimum Gasteiger partial charge on any atom is -0.427 e. The summed E-state index contributed by atoms with van der Waals surface area (Å²) in [5.74, 6) is -0.956. The molecule has 0 heterocycles. The van der Waals surface area contributed by atoms with Crippen LogP contribution in [-0.4, -0.2) is 17.7 Å². The summed E-state index contributed by atoms with van der Waals surface area (Å²) in [7, 11) is 0. The molecule has 0 aromatic carbocycles. The summed E-state index contributed by atoms with van der Waals surface area (Å²) in [6.45, 7) is 3.95. The molecule has 0 saturated carbocycles. The molecule has 0 unspecified atom stereocenters. The van der Waals surface area contributed by atoms with E-state index in [1.54, 1.807) is 0 Å². The maximum atomic E-state index is 11.7. The Morgan fingerprint density at radius 1 is 0.950 bits per heavy atom. The lowest BCUT2D eigenvalue weighted by atomic mass is 10.2. The number of esters is 2. The van der Waals surface area contributed by atoms with Gasteiger partial charge in [0.15, 0.2) is 5.76 Å². The number of ketones is 1. The second-order valence-corrected chi connectivity index (χ2v) is 4.83. The molecule has 1 aliphatic rings. The van der Waals surface area contributed by atoms with Crippen molar-refractivity contribution >= 4 is 17.7 Å². The molecule has 20 heavy (non-hydrogen) atoms. The number of hydrogen-bond acceptors (Lipinski definition) is 5. The monoisotopic (exact) mass is 282 g/mol. The van der Waals surface area contributed by atoms with E-state index in [2.05, 4.69) is 0 Å². The molecule has 0 N–H and O–H groups in total. The van der Waals surface area contributed by atoms with Crippen molar-refractivity contribution in [2.45, 2.75) is 65.2 Å². The van der Waals surface area contributed by atoms with Crippen molar-refractivity contribution < 1.29 is 23.9 Å². The van der Waals surface area contributed by atoms with Gasteiger partial charge in [0.2, 0.25) is 11.5 Å². The minimum absolute atomic E-state index is 0.0732. The standard InChI is InChI=1S/C15H22O5/c1-3-5-7-13(17)19-12-10-9-11(16)15(12)20-14(18)8-6-4-2/h3-10H2,1-2H3. The summed E-state index contributed by atoms with van der Waals surface area (Å²) in [4.78, 5) is 34.8. The van der Waals surface area contributed by atoms with E-state index in [4.69, 9.17) is 9.47 Å². The van der Waals surface area contributed by atoms with Crippen LogP contribution < -0.4 is 0 Å². The fourth-order valence-corrected chi connectivity index (χ4v) is 1.82. The fraction of sp³-hybridized carbons (Fsp3) is 0.667. The number of hydrogen-bond donors (Lipinski definition) is 0. The number of Topliss-reactive ketones (excluding diaryl/α,β-unsaturated/α-hetero) is 1. The van der Waals surface area contributed by atoms with Crippen molar-refractivity contribution in [3.8, 4) is 0 Å². The third-order valence-electron chi connectivity index (χ3n) is 3.01. The summed E-state index contributed by atoms with van der Waals surface area (Å²) in [6.07, 6.45) is 4.36. The second-order valence-electron chi connectivity index (χ2n) is 4.83. The van der Waals surface area contributed by atoms with Crippen LogP contribution in [0.5, 0.6) is 0 Å². The van der Waals surface area contributed by atoms with E-state index in [9.17, 15) is 14.4 Å². The van der Waals surface area contributed by atoms with E-state index in [0.717, 1.165) is 19.3 Å². The quantitative estimate of drug-likeness (QED) is 0.640. The predicted octanol–water partition coefficient (Wildman–Crippen LogP) is 3.03. The lowest BCUT2D eigenvalue weighted by Crippen LogP contribution is -2.11. The van der Waals surface area contributed by atoms with Gasteiger partial charge in [0.05, 0.1) is 0 Å². The molecule has 5 heteroatoms. The Morgan fingerprint density at radius 2 is 1.50 bits per heavy atom. The number of carbonyl (C=O) groups excluding carboxylic acids is 3. The van der Waals surface area contributed by atoms with E-state index in [1.807, 2.05) is 13.8 Å². The van der Waals surface area contributed by atoms with Crippen LogP contribution in [0.1, 0.15) is 65.2 Å². The van der Waals surface area contributed by atoms with Crippen molar-refractivity contribution in [2.24, 2.45) is 0 Å². The molecule has 112 valence electrons. The van der Waals surface area contributed by atoms with Gasteiger partial charge in [-0.25, -0.2) is 0 Å². The summed E-state index contributed by atoms with van der Waals surface area (Å²) < 4.78 is 10.2. The van der Waals surface area contributed by atoms with Gasteiger partial charge in [-0.1, -0.05) is 26.7 Å². The van der Waals surface area contributed by atoms with Gasteiger partial charge < -0.3 is 9.47 Å². The molecule has 0 aromatic heterocycles. The summed E-state index contributed by atoms with van der Waals surface area (Å²) in [6, 6.07) is 0. The van der Waals surface area contributed by atoms with E-state index >= 15 is 0 Å².